The van der Waals surface area contributed by atoms with E-state index in [4.69, 9.17) is 0 Å². The summed E-state index contributed by atoms with van der Waals surface area (Å²) < 4.78 is 26.1. The Hall–Kier alpha value is -2.53. The predicted octanol–water partition coefficient (Wildman–Crippen LogP) is 5.36. The van der Waals surface area contributed by atoms with Crippen LogP contribution in [0.2, 0.25) is 0 Å². The van der Waals surface area contributed by atoms with Gasteiger partial charge in [0.15, 0.2) is 0 Å². The summed E-state index contributed by atoms with van der Waals surface area (Å²) in [5.74, 6) is -0.995. The molecule has 1 fully saturated rings. The SMILES string of the molecule is C=C.C=C.CCCc1ccccn1.CN1CCN(c2ccc(F)cc2F)CC1. The summed E-state index contributed by atoms with van der Waals surface area (Å²) in [6.07, 6.45) is 4.11. The molecule has 2 heterocycles. The highest BCUT2D eigenvalue weighted by Gasteiger charge is 2.17. The molecule has 0 radical (unpaired) electrons. The normalized spacial score (nSPS) is 13.1. The summed E-state index contributed by atoms with van der Waals surface area (Å²) in [5.41, 5.74) is 1.70. The third kappa shape index (κ3) is 9.42. The number of aromatic nitrogens is 1. The minimum Gasteiger partial charge on any atom is -0.367 e. The summed E-state index contributed by atoms with van der Waals surface area (Å²) in [5, 5.41) is 0. The number of pyridine rings is 1. The molecular formula is C23H33F2N3. The van der Waals surface area contributed by atoms with E-state index in [0.29, 0.717) is 5.69 Å². The molecule has 1 aromatic heterocycles. The van der Waals surface area contributed by atoms with E-state index in [0.717, 1.165) is 38.7 Å². The molecule has 3 nitrogen and oxygen atoms in total. The highest BCUT2D eigenvalue weighted by Crippen LogP contribution is 2.21. The number of hydrogen-bond donors (Lipinski definition) is 0. The lowest BCUT2D eigenvalue weighted by atomic mass is 10.2. The van der Waals surface area contributed by atoms with Crippen LogP contribution in [0.25, 0.3) is 0 Å². The van der Waals surface area contributed by atoms with Gasteiger partial charge >= 0.3 is 0 Å². The van der Waals surface area contributed by atoms with Crippen LogP contribution in [0.5, 0.6) is 0 Å². The highest BCUT2D eigenvalue weighted by molar-refractivity contribution is 5.48. The average Bonchev–Trinajstić information content (AvgIpc) is 2.74. The number of rotatable bonds is 3. The summed E-state index contributed by atoms with van der Waals surface area (Å²) >= 11 is 0. The number of anilines is 1. The predicted molar refractivity (Wildman–Crippen MR) is 117 cm³/mol. The van der Waals surface area contributed by atoms with Crippen LogP contribution in [0.1, 0.15) is 19.0 Å². The van der Waals surface area contributed by atoms with Gasteiger partial charge in [0.1, 0.15) is 11.6 Å². The minimum absolute atomic E-state index is 0.473. The van der Waals surface area contributed by atoms with Crippen LogP contribution < -0.4 is 4.90 Å². The number of aryl methyl sites for hydroxylation is 1. The van der Waals surface area contributed by atoms with Crippen LogP contribution in [0.4, 0.5) is 14.5 Å². The van der Waals surface area contributed by atoms with Crippen LogP contribution >= 0.6 is 0 Å². The van der Waals surface area contributed by atoms with E-state index in [-0.39, 0.29) is 0 Å². The molecule has 0 saturated carbocycles. The van der Waals surface area contributed by atoms with Crippen molar-refractivity contribution >= 4 is 5.69 Å². The van der Waals surface area contributed by atoms with Crippen molar-refractivity contribution < 1.29 is 8.78 Å². The van der Waals surface area contributed by atoms with Gasteiger partial charge < -0.3 is 9.80 Å². The van der Waals surface area contributed by atoms with Gasteiger partial charge in [-0.1, -0.05) is 19.4 Å². The summed E-state index contributed by atoms with van der Waals surface area (Å²) in [6.45, 7) is 17.6. The maximum atomic E-state index is 13.4. The Morgan fingerprint density at radius 1 is 0.964 bits per heavy atom. The maximum Gasteiger partial charge on any atom is 0.149 e. The molecule has 1 aromatic carbocycles. The Balaban J connectivity index is 0.000000481. The zero-order valence-electron chi connectivity index (χ0n) is 17.2. The molecule has 0 amide bonds. The number of likely N-dealkylation sites (N-methyl/N-ethyl adjacent to an activating group) is 1. The largest absolute Gasteiger partial charge is 0.367 e. The molecule has 0 bridgehead atoms. The fraction of sp³-hybridized carbons (Fsp3) is 0.348. The van der Waals surface area contributed by atoms with Crippen molar-refractivity contribution in [3.8, 4) is 0 Å². The molecule has 0 atom stereocenters. The van der Waals surface area contributed by atoms with E-state index in [1.54, 1.807) is 0 Å². The first-order valence-electron chi connectivity index (χ1n) is 9.38. The third-order valence-electron chi connectivity index (χ3n) is 3.99. The number of piperazine rings is 1. The minimum atomic E-state index is -0.523. The molecule has 28 heavy (non-hydrogen) atoms. The Morgan fingerprint density at radius 3 is 2.11 bits per heavy atom. The highest BCUT2D eigenvalue weighted by atomic mass is 19.1. The molecule has 5 heteroatoms. The van der Waals surface area contributed by atoms with Gasteiger partial charge in [0, 0.05) is 44.1 Å². The number of halogens is 2. The maximum absolute atomic E-state index is 13.4. The van der Waals surface area contributed by atoms with Crippen molar-refractivity contribution in [3.63, 3.8) is 0 Å². The molecule has 154 valence electrons. The van der Waals surface area contributed by atoms with Gasteiger partial charge in [0.05, 0.1) is 5.69 Å². The van der Waals surface area contributed by atoms with Crippen LogP contribution in [-0.2, 0) is 6.42 Å². The van der Waals surface area contributed by atoms with E-state index >= 15 is 0 Å². The van der Waals surface area contributed by atoms with Gasteiger partial charge in [-0.2, -0.15) is 0 Å². The number of benzene rings is 1. The molecule has 1 aliphatic rings. The second kappa shape index (κ2) is 15.5. The van der Waals surface area contributed by atoms with Crippen molar-refractivity contribution in [2.45, 2.75) is 19.8 Å². The van der Waals surface area contributed by atoms with Crippen molar-refractivity contribution in [2.24, 2.45) is 0 Å². The Bertz CT molecular complexity index is 640. The van der Waals surface area contributed by atoms with E-state index in [9.17, 15) is 8.78 Å². The quantitative estimate of drug-likeness (QED) is 0.659. The standard InChI is InChI=1S/C11H14F2N2.C8H11N.2C2H4/c1-14-4-6-15(7-5-14)11-3-2-9(12)8-10(11)13;1-2-5-8-6-3-4-7-9-8;2*1-2/h2-3,8H,4-7H2,1H3;3-4,6-7H,2,5H2,1H3;2*1-2H2. The van der Waals surface area contributed by atoms with Gasteiger partial charge in [-0.05, 0) is 37.7 Å². The lowest BCUT2D eigenvalue weighted by Gasteiger charge is -2.34. The lowest BCUT2D eigenvalue weighted by Crippen LogP contribution is -2.44. The van der Waals surface area contributed by atoms with E-state index in [2.05, 4.69) is 49.2 Å². The van der Waals surface area contributed by atoms with Gasteiger partial charge in [-0.25, -0.2) is 8.78 Å². The smallest absolute Gasteiger partial charge is 0.149 e. The van der Waals surface area contributed by atoms with Crippen molar-refractivity contribution in [3.05, 3.63) is 86.2 Å². The molecule has 1 saturated heterocycles. The molecule has 1 aliphatic heterocycles. The van der Waals surface area contributed by atoms with E-state index in [1.807, 2.05) is 30.3 Å². The second-order valence-electron chi connectivity index (χ2n) is 5.96. The van der Waals surface area contributed by atoms with Crippen molar-refractivity contribution in [1.29, 1.82) is 0 Å². The fourth-order valence-corrected chi connectivity index (χ4v) is 2.59. The molecule has 0 unspecified atom stereocenters. The van der Waals surface area contributed by atoms with Crippen LogP contribution in [-0.4, -0.2) is 43.1 Å². The van der Waals surface area contributed by atoms with Crippen molar-refractivity contribution in [2.75, 3.05) is 38.1 Å². The van der Waals surface area contributed by atoms with Gasteiger partial charge in [-0.3, -0.25) is 4.98 Å². The van der Waals surface area contributed by atoms with Gasteiger partial charge in [0.2, 0.25) is 0 Å². The van der Waals surface area contributed by atoms with Gasteiger partial charge in [0.25, 0.3) is 0 Å². The summed E-state index contributed by atoms with van der Waals surface area (Å²) in [4.78, 5) is 8.31. The van der Waals surface area contributed by atoms with E-state index < -0.39 is 11.6 Å². The first-order chi connectivity index (χ1) is 13.6. The van der Waals surface area contributed by atoms with Crippen LogP contribution in [0, 0.1) is 11.6 Å². The topological polar surface area (TPSA) is 19.4 Å². The molecule has 0 N–H and O–H groups in total. The third-order valence-corrected chi connectivity index (χ3v) is 3.99. The number of hydrogen-bond acceptors (Lipinski definition) is 3. The van der Waals surface area contributed by atoms with Crippen LogP contribution in [0.3, 0.4) is 0 Å². The Labute approximate surface area is 169 Å². The molecular weight excluding hydrogens is 356 g/mol. The first kappa shape index (κ1) is 25.5. The number of nitrogens with zero attached hydrogens (tertiary/aromatic N) is 3. The molecule has 2 aromatic rings. The molecule has 0 aliphatic carbocycles. The first-order valence-corrected chi connectivity index (χ1v) is 9.38. The zero-order chi connectivity index (χ0) is 21.4. The second-order valence-corrected chi connectivity index (χ2v) is 5.96. The summed E-state index contributed by atoms with van der Waals surface area (Å²) in [7, 11) is 2.04. The Kier molecular flexibility index (Phi) is 14.1. The molecule has 3 rings (SSSR count). The molecule has 0 spiro atoms. The Morgan fingerprint density at radius 2 is 1.61 bits per heavy atom. The average molecular weight is 390 g/mol. The van der Waals surface area contributed by atoms with E-state index in [1.165, 1.54) is 24.2 Å². The fourth-order valence-electron chi connectivity index (χ4n) is 2.59. The zero-order valence-corrected chi connectivity index (χ0v) is 17.2. The van der Waals surface area contributed by atoms with Crippen molar-refractivity contribution in [1.82, 2.24) is 9.88 Å². The van der Waals surface area contributed by atoms with Crippen LogP contribution in [0.15, 0.2) is 68.9 Å². The monoisotopic (exact) mass is 389 g/mol. The van der Waals surface area contributed by atoms with Gasteiger partial charge in [-0.15, -0.1) is 26.3 Å². The summed E-state index contributed by atoms with van der Waals surface area (Å²) in [6, 6.07) is 9.78. The lowest BCUT2D eigenvalue weighted by molar-refractivity contribution is 0.311.